The zero-order chi connectivity index (χ0) is 16.4. The Morgan fingerprint density at radius 3 is 2.67 bits per heavy atom. The third-order valence-corrected chi connectivity index (χ3v) is 4.56. The fraction of sp³-hybridized carbons (Fsp3) is 0.190. The summed E-state index contributed by atoms with van der Waals surface area (Å²) in [4.78, 5) is 14.6. The van der Waals surface area contributed by atoms with Gasteiger partial charge in [0.15, 0.2) is 0 Å². The van der Waals surface area contributed by atoms with Gasteiger partial charge in [-0.15, -0.1) is 0 Å². The number of benzene rings is 2. The minimum atomic E-state index is -0.229. The van der Waals surface area contributed by atoms with E-state index in [1.165, 1.54) is 16.8 Å². The molecule has 2 aromatic rings. The highest BCUT2D eigenvalue weighted by molar-refractivity contribution is 5.91. The Hall–Kier alpha value is -2.81. The second-order valence-electron chi connectivity index (χ2n) is 6.13. The molecule has 2 aliphatic rings. The van der Waals surface area contributed by atoms with Gasteiger partial charge in [0.1, 0.15) is 6.61 Å². The zero-order valence-electron chi connectivity index (χ0n) is 13.4. The summed E-state index contributed by atoms with van der Waals surface area (Å²) >= 11 is 0. The summed E-state index contributed by atoms with van der Waals surface area (Å²) in [6.45, 7) is 1.87. The van der Waals surface area contributed by atoms with Crippen LogP contribution in [0.2, 0.25) is 0 Å². The second kappa shape index (κ2) is 6.36. The van der Waals surface area contributed by atoms with E-state index in [-0.39, 0.29) is 5.97 Å². The van der Waals surface area contributed by atoms with Gasteiger partial charge in [0.25, 0.3) is 0 Å². The van der Waals surface area contributed by atoms with Gasteiger partial charge in [-0.1, -0.05) is 54.6 Å². The fourth-order valence-corrected chi connectivity index (χ4v) is 3.28. The lowest BCUT2D eigenvalue weighted by molar-refractivity contribution is -0.140. The van der Waals surface area contributed by atoms with Crippen LogP contribution >= 0.6 is 0 Å². The molecule has 0 aromatic heterocycles. The largest absolute Gasteiger partial charge is 0.457 e. The average molecular weight is 317 g/mol. The van der Waals surface area contributed by atoms with E-state index >= 15 is 0 Å². The second-order valence-corrected chi connectivity index (χ2v) is 6.13. The van der Waals surface area contributed by atoms with Gasteiger partial charge >= 0.3 is 5.97 Å². The van der Waals surface area contributed by atoms with Crippen molar-refractivity contribution >= 4 is 11.7 Å². The molecule has 0 N–H and O–H groups in total. The first-order valence-electron chi connectivity index (χ1n) is 8.26. The predicted octanol–water partition coefficient (Wildman–Crippen LogP) is 3.57. The Balaban J connectivity index is 1.49. The molecule has 24 heavy (non-hydrogen) atoms. The smallest absolute Gasteiger partial charge is 0.336 e. The van der Waals surface area contributed by atoms with Crippen molar-refractivity contribution in [3.05, 3.63) is 89.0 Å². The van der Waals surface area contributed by atoms with Gasteiger partial charge in [0.2, 0.25) is 0 Å². The molecule has 0 saturated carbocycles. The number of carbonyl (C=O) groups is 1. The summed E-state index contributed by atoms with van der Waals surface area (Å²) in [5, 5.41) is 0. The van der Waals surface area contributed by atoms with E-state index in [2.05, 4.69) is 29.2 Å². The first-order chi connectivity index (χ1) is 11.8. The summed E-state index contributed by atoms with van der Waals surface area (Å²) in [5.74, 6) is -0.229. The molecule has 0 fully saturated rings. The summed E-state index contributed by atoms with van der Waals surface area (Å²) in [6, 6.07) is 18.3. The topological polar surface area (TPSA) is 29.5 Å². The minimum absolute atomic E-state index is 0.229. The van der Waals surface area contributed by atoms with E-state index in [1.54, 1.807) is 0 Å². The van der Waals surface area contributed by atoms with Crippen molar-refractivity contribution < 1.29 is 9.53 Å². The monoisotopic (exact) mass is 317 g/mol. The number of esters is 1. The highest BCUT2D eigenvalue weighted by Crippen LogP contribution is 2.31. The number of hydrogen-bond donors (Lipinski definition) is 0. The molecule has 0 unspecified atom stereocenters. The van der Waals surface area contributed by atoms with E-state index in [0.717, 1.165) is 18.5 Å². The van der Waals surface area contributed by atoms with Gasteiger partial charge in [0, 0.05) is 17.8 Å². The van der Waals surface area contributed by atoms with Gasteiger partial charge in [-0.3, -0.25) is 0 Å². The van der Waals surface area contributed by atoms with E-state index in [9.17, 15) is 4.79 Å². The number of ether oxygens (including phenoxy) is 1. The van der Waals surface area contributed by atoms with Gasteiger partial charge in [-0.25, -0.2) is 4.79 Å². The maximum absolute atomic E-state index is 12.3. The average Bonchev–Trinajstić information content (AvgIpc) is 2.66. The molecule has 120 valence electrons. The molecule has 2 aromatic carbocycles. The maximum atomic E-state index is 12.3. The van der Waals surface area contributed by atoms with E-state index in [0.29, 0.717) is 18.7 Å². The normalized spacial score (nSPS) is 15.8. The molecule has 0 saturated heterocycles. The number of nitrogens with zero attached hydrogens (tertiary/aromatic N) is 1. The van der Waals surface area contributed by atoms with Crippen LogP contribution in [0.3, 0.4) is 0 Å². The molecule has 2 heterocycles. The molecule has 0 atom stereocenters. The number of carbonyl (C=O) groups excluding carboxylic acids is 1. The van der Waals surface area contributed by atoms with Crippen LogP contribution < -0.4 is 0 Å². The van der Waals surface area contributed by atoms with Crippen LogP contribution in [-0.2, 0) is 22.6 Å². The van der Waals surface area contributed by atoms with Crippen LogP contribution in [0.25, 0.3) is 5.70 Å². The third-order valence-electron chi connectivity index (χ3n) is 4.56. The summed E-state index contributed by atoms with van der Waals surface area (Å²) in [7, 11) is 0. The molecule has 0 aliphatic carbocycles. The highest BCUT2D eigenvalue weighted by Gasteiger charge is 2.25. The van der Waals surface area contributed by atoms with Crippen LogP contribution in [0.4, 0.5) is 0 Å². The van der Waals surface area contributed by atoms with Gasteiger partial charge < -0.3 is 9.64 Å². The van der Waals surface area contributed by atoms with Gasteiger partial charge in [-0.2, -0.15) is 0 Å². The molecule has 0 spiro atoms. The predicted molar refractivity (Wildman–Crippen MR) is 94.0 cm³/mol. The van der Waals surface area contributed by atoms with Crippen molar-refractivity contribution in [3.63, 3.8) is 0 Å². The van der Waals surface area contributed by atoms with E-state index in [4.69, 9.17) is 4.74 Å². The molecular formula is C21H19NO2. The van der Waals surface area contributed by atoms with Crippen LogP contribution in [0.5, 0.6) is 0 Å². The standard InChI is InChI=1S/C21H19NO2/c23-21(24-15-16-6-2-1-3-7-16)18-10-11-20-19-9-5-4-8-17(19)12-13-22(20)14-18/h1-11H,12-15H2. The van der Waals surface area contributed by atoms with Crippen LogP contribution in [-0.4, -0.2) is 24.0 Å². The van der Waals surface area contributed by atoms with Crippen LogP contribution in [0.1, 0.15) is 16.7 Å². The fourth-order valence-electron chi connectivity index (χ4n) is 3.28. The quantitative estimate of drug-likeness (QED) is 0.811. The molecule has 0 bridgehead atoms. The first kappa shape index (κ1) is 14.8. The van der Waals surface area contributed by atoms with E-state index in [1.807, 2.05) is 42.5 Å². The summed E-state index contributed by atoms with van der Waals surface area (Å²) < 4.78 is 5.45. The Bertz CT molecular complexity index is 821. The number of rotatable bonds is 3. The van der Waals surface area contributed by atoms with Crippen molar-refractivity contribution in [3.8, 4) is 0 Å². The minimum Gasteiger partial charge on any atom is -0.457 e. The highest BCUT2D eigenvalue weighted by atomic mass is 16.5. The summed E-state index contributed by atoms with van der Waals surface area (Å²) in [6.07, 6.45) is 4.96. The lowest BCUT2D eigenvalue weighted by Gasteiger charge is -2.35. The van der Waals surface area contributed by atoms with Crippen molar-refractivity contribution in [2.24, 2.45) is 0 Å². The lowest BCUT2D eigenvalue weighted by atomic mass is 9.94. The van der Waals surface area contributed by atoms with Gasteiger partial charge in [0.05, 0.1) is 12.1 Å². The molecule has 4 rings (SSSR count). The molecule has 2 aliphatic heterocycles. The molecule has 3 heteroatoms. The van der Waals surface area contributed by atoms with Crippen molar-refractivity contribution in [1.82, 2.24) is 4.90 Å². The Morgan fingerprint density at radius 2 is 1.79 bits per heavy atom. The van der Waals surface area contributed by atoms with Crippen LogP contribution in [0.15, 0.2) is 72.3 Å². The number of allylic oxidation sites excluding steroid dienone is 2. The third kappa shape index (κ3) is 2.85. The zero-order valence-corrected chi connectivity index (χ0v) is 13.4. The van der Waals surface area contributed by atoms with Crippen molar-refractivity contribution in [2.75, 3.05) is 13.1 Å². The Labute approximate surface area is 141 Å². The summed E-state index contributed by atoms with van der Waals surface area (Å²) in [5.41, 5.74) is 5.58. The first-order valence-corrected chi connectivity index (χ1v) is 8.26. The van der Waals surface area contributed by atoms with Gasteiger partial charge in [-0.05, 0) is 29.7 Å². The van der Waals surface area contributed by atoms with Crippen molar-refractivity contribution in [2.45, 2.75) is 13.0 Å². The molecule has 0 amide bonds. The number of fused-ring (bicyclic) bond motifs is 3. The Kier molecular flexibility index (Phi) is 3.91. The van der Waals surface area contributed by atoms with Crippen molar-refractivity contribution in [1.29, 1.82) is 0 Å². The maximum Gasteiger partial charge on any atom is 0.336 e. The van der Waals surface area contributed by atoms with E-state index < -0.39 is 0 Å². The number of hydrogen-bond acceptors (Lipinski definition) is 3. The van der Waals surface area contributed by atoms with Crippen LogP contribution in [0, 0.1) is 0 Å². The molecule has 0 radical (unpaired) electrons. The molecule has 3 nitrogen and oxygen atoms in total. The SMILES string of the molecule is O=C(OCc1ccccc1)C1=CC=C2c3ccccc3CCN2C1. The Morgan fingerprint density at radius 1 is 1.00 bits per heavy atom. The lowest BCUT2D eigenvalue weighted by Crippen LogP contribution is -2.34. The molecular weight excluding hydrogens is 298 g/mol.